The van der Waals surface area contributed by atoms with E-state index in [2.05, 4.69) is 10.6 Å². The first-order valence-corrected chi connectivity index (χ1v) is 10.2. The quantitative estimate of drug-likeness (QED) is 0.659. The van der Waals surface area contributed by atoms with Crippen LogP contribution < -0.4 is 15.4 Å². The van der Waals surface area contributed by atoms with Gasteiger partial charge < -0.3 is 20.1 Å². The smallest absolute Gasteiger partial charge is 0.338 e. The van der Waals surface area contributed by atoms with Gasteiger partial charge in [0.25, 0.3) is 0 Å². The van der Waals surface area contributed by atoms with Crippen LogP contribution in [-0.4, -0.2) is 18.1 Å². The highest BCUT2D eigenvalue weighted by atomic mass is 16.5. The molecular formula is C24H28N2O4. The number of rotatable bonds is 7. The van der Waals surface area contributed by atoms with Crippen molar-refractivity contribution in [2.75, 3.05) is 0 Å². The van der Waals surface area contributed by atoms with E-state index < -0.39 is 12.0 Å². The summed E-state index contributed by atoms with van der Waals surface area (Å²) in [6, 6.07) is 14.5. The van der Waals surface area contributed by atoms with Crippen molar-refractivity contribution in [3.8, 4) is 5.75 Å². The van der Waals surface area contributed by atoms with Crippen LogP contribution in [0.1, 0.15) is 49.9 Å². The Balaban J connectivity index is 1.94. The highest BCUT2D eigenvalue weighted by Gasteiger charge is 2.35. The molecule has 1 atom stereocenters. The second kappa shape index (κ2) is 9.48. The molecule has 6 heteroatoms. The van der Waals surface area contributed by atoms with E-state index in [0.717, 1.165) is 5.56 Å². The molecule has 0 radical (unpaired) electrons. The van der Waals surface area contributed by atoms with Crippen molar-refractivity contribution in [1.29, 1.82) is 0 Å². The van der Waals surface area contributed by atoms with E-state index in [-0.39, 0.29) is 12.1 Å². The van der Waals surface area contributed by atoms with E-state index in [1.165, 1.54) is 5.56 Å². The van der Waals surface area contributed by atoms with Crippen molar-refractivity contribution in [3.05, 3.63) is 76.5 Å². The first kappa shape index (κ1) is 21.4. The molecule has 0 saturated heterocycles. The molecule has 0 bridgehead atoms. The molecule has 1 aliphatic heterocycles. The number of hydrogen-bond donors (Lipinski definition) is 2. The monoisotopic (exact) mass is 408 g/mol. The van der Waals surface area contributed by atoms with Crippen LogP contribution in [0.15, 0.2) is 59.8 Å². The number of esters is 1. The van der Waals surface area contributed by atoms with E-state index in [0.29, 0.717) is 35.6 Å². The molecule has 2 N–H and O–H groups in total. The molecule has 1 heterocycles. The zero-order valence-electron chi connectivity index (χ0n) is 17.8. The predicted octanol–water partition coefficient (Wildman–Crippen LogP) is 4.54. The summed E-state index contributed by atoms with van der Waals surface area (Å²) in [7, 11) is 0. The van der Waals surface area contributed by atoms with Crippen LogP contribution in [0.2, 0.25) is 0 Å². The second-order valence-electron chi connectivity index (χ2n) is 7.54. The highest BCUT2D eigenvalue weighted by Crippen LogP contribution is 2.34. The summed E-state index contributed by atoms with van der Waals surface area (Å²) in [6.45, 7) is 7.90. The molecule has 2 amide bonds. The van der Waals surface area contributed by atoms with E-state index in [9.17, 15) is 9.59 Å². The van der Waals surface area contributed by atoms with Gasteiger partial charge in [-0.05, 0) is 38.8 Å². The van der Waals surface area contributed by atoms with Gasteiger partial charge in [0.1, 0.15) is 12.4 Å². The van der Waals surface area contributed by atoms with Crippen molar-refractivity contribution in [3.63, 3.8) is 0 Å². The number of nitrogens with one attached hydrogen (secondary N) is 2. The minimum absolute atomic E-state index is 0.269. The number of hydrogen-bond acceptors (Lipinski definition) is 4. The third kappa shape index (κ3) is 5.00. The number of carbonyl (C=O) groups is 2. The maximum absolute atomic E-state index is 12.9. The van der Waals surface area contributed by atoms with Gasteiger partial charge in [-0.3, -0.25) is 0 Å². The Labute approximate surface area is 177 Å². The Morgan fingerprint density at radius 2 is 1.80 bits per heavy atom. The van der Waals surface area contributed by atoms with Crippen molar-refractivity contribution >= 4 is 12.0 Å². The summed E-state index contributed by atoms with van der Waals surface area (Å²) in [6.07, 6.45) is 0.230. The largest absolute Gasteiger partial charge is 0.489 e. The second-order valence-corrected chi connectivity index (χ2v) is 7.54. The van der Waals surface area contributed by atoms with Crippen molar-refractivity contribution in [1.82, 2.24) is 10.6 Å². The van der Waals surface area contributed by atoms with Crippen LogP contribution in [0.5, 0.6) is 5.75 Å². The van der Waals surface area contributed by atoms with E-state index in [1.54, 1.807) is 13.8 Å². The van der Waals surface area contributed by atoms with Crippen LogP contribution in [-0.2, 0) is 16.1 Å². The van der Waals surface area contributed by atoms with E-state index in [1.807, 2.05) is 62.4 Å². The SMILES string of the molecule is CCC1=C(C(=O)OC(C)C)C(c2ccccc2OCc2ccc(C)cc2)NC(=O)N1. The number of benzene rings is 2. The number of urea groups is 1. The number of ether oxygens (including phenoxy) is 2. The Morgan fingerprint density at radius 1 is 1.10 bits per heavy atom. The molecule has 0 spiro atoms. The van der Waals surface area contributed by atoms with Gasteiger partial charge in [-0.1, -0.05) is 55.0 Å². The summed E-state index contributed by atoms with van der Waals surface area (Å²) in [5, 5.41) is 5.60. The number of aryl methyl sites for hydroxylation is 1. The third-order valence-electron chi connectivity index (χ3n) is 4.81. The fourth-order valence-electron chi connectivity index (χ4n) is 3.34. The van der Waals surface area contributed by atoms with Gasteiger partial charge in [-0.25, -0.2) is 9.59 Å². The number of amides is 2. The Bertz CT molecular complexity index is 948. The van der Waals surface area contributed by atoms with Crippen molar-refractivity contribution in [2.45, 2.75) is 52.9 Å². The van der Waals surface area contributed by atoms with Gasteiger partial charge in [0.2, 0.25) is 0 Å². The first-order chi connectivity index (χ1) is 14.4. The lowest BCUT2D eigenvalue weighted by atomic mass is 9.93. The summed E-state index contributed by atoms with van der Waals surface area (Å²) < 4.78 is 11.5. The molecule has 0 saturated carbocycles. The zero-order valence-corrected chi connectivity index (χ0v) is 17.8. The van der Waals surface area contributed by atoms with Gasteiger partial charge in [0, 0.05) is 11.3 Å². The van der Waals surface area contributed by atoms with E-state index >= 15 is 0 Å². The van der Waals surface area contributed by atoms with Crippen molar-refractivity contribution < 1.29 is 19.1 Å². The highest BCUT2D eigenvalue weighted by molar-refractivity contribution is 5.95. The molecule has 158 valence electrons. The molecular weight excluding hydrogens is 380 g/mol. The molecule has 0 fully saturated rings. The lowest BCUT2D eigenvalue weighted by molar-refractivity contribution is -0.143. The van der Waals surface area contributed by atoms with Crippen LogP contribution in [0.25, 0.3) is 0 Å². The molecule has 1 unspecified atom stereocenters. The number of carbonyl (C=O) groups excluding carboxylic acids is 2. The topological polar surface area (TPSA) is 76.7 Å². The van der Waals surface area contributed by atoms with Crippen LogP contribution in [0.4, 0.5) is 4.79 Å². The summed E-state index contributed by atoms with van der Waals surface area (Å²) >= 11 is 0. The fourth-order valence-corrected chi connectivity index (χ4v) is 3.34. The van der Waals surface area contributed by atoms with Gasteiger partial charge in [-0.15, -0.1) is 0 Å². The van der Waals surface area contributed by atoms with E-state index in [4.69, 9.17) is 9.47 Å². The van der Waals surface area contributed by atoms with Crippen LogP contribution in [0, 0.1) is 6.92 Å². The maximum Gasteiger partial charge on any atom is 0.338 e. The van der Waals surface area contributed by atoms with Gasteiger partial charge in [-0.2, -0.15) is 0 Å². The molecule has 0 aliphatic carbocycles. The van der Waals surface area contributed by atoms with Crippen LogP contribution in [0.3, 0.4) is 0 Å². The molecule has 1 aliphatic rings. The normalized spacial score (nSPS) is 16.2. The standard InChI is InChI=1S/C24H28N2O4/c1-5-19-21(23(27)30-15(2)3)22(26-24(28)25-19)18-8-6-7-9-20(18)29-14-17-12-10-16(4)11-13-17/h6-13,15,22H,5,14H2,1-4H3,(H2,25,26,28). The Morgan fingerprint density at radius 3 is 2.47 bits per heavy atom. The fraction of sp³-hybridized carbons (Fsp3) is 0.333. The Kier molecular flexibility index (Phi) is 6.77. The Hall–Kier alpha value is -3.28. The van der Waals surface area contributed by atoms with Gasteiger partial charge >= 0.3 is 12.0 Å². The molecule has 0 aromatic heterocycles. The molecule has 2 aromatic carbocycles. The zero-order chi connectivity index (χ0) is 21.7. The molecule has 2 aromatic rings. The third-order valence-corrected chi connectivity index (χ3v) is 4.81. The maximum atomic E-state index is 12.9. The predicted molar refractivity (Wildman–Crippen MR) is 115 cm³/mol. The summed E-state index contributed by atoms with van der Waals surface area (Å²) in [4.78, 5) is 25.2. The minimum Gasteiger partial charge on any atom is -0.489 e. The molecule has 6 nitrogen and oxygen atoms in total. The number of allylic oxidation sites excluding steroid dienone is 1. The molecule has 3 rings (SSSR count). The summed E-state index contributed by atoms with van der Waals surface area (Å²) in [5.74, 6) is 0.156. The first-order valence-electron chi connectivity index (χ1n) is 10.2. The summed E-state index contributed by atoms with van der Waals surface area (Å²) in [5.41, 5.74) is 3.89. The minimum atomic E-state index is -0.658. The number of para-hydroxylation sites is 1. The average molecular weight is 408 g/mol. The molecule has 30 heavy (non-hydrogen) atoms. The van der Waals surface area contributed by atoms with Gasteiger partial charge in [0.05, 0.1) is 17.7 Å². The van der Waals surface area contributed by atoms with Crippen LogP contribution >= 0.6 is 0 Å². The van der Waals surface area contributed by atoms with Gasteiger partial charge in [0.15, 0.2) is 0 Å². The lowest BCUT2D eigenvalue weighted by Gasteiger charge is -2.30. The van der Waals surface area contributed by atoms with Crippen molar-refractivity contribution in [2.24, 2.45) is 0 Å². The average Bonchev–Trinajstić information content (AvgIpc) is 2.72. The lowest BCUT2D eigenvalue weighted by Crippen LogP contribution is -2.46.